The minimum atomic E-state index is 0.269. The van der Waals surface area contributed by atoms with Gasteiger partial charge in [0.1, 0.15) is 5.82 Å². The minimum Gasteiger partial charge on any atom is -0.331 e. The average molecular weight is 226 g/mol. The van der Waals surface area contributed by atoms with E-state index < -0.39 is 0 Å². The molecule has 17 heavy (non-hydrogen) atoms. The van der Waals surface area contributed by atoms with E-state index in [0.29, 0.717) is 6.42 Å². The van der Waals surface area contributed by atoms with Gasteiger partial charge in [-0.15, -0.1) is 0 Å². The molecule has 3 rings (SSSR count). The largest absolute Gasteiger partial charge is 0.331 e. The highest BCUT2D eigenvalue weighted by Crippen LogP contribution is 2.27. The summed E-state index contributed by atoms with van der Waals surface area (Å²) < 4.78 is 2.11. The molecule has 0 spiro atoms. The van der Waals surface area contributed by atoms with E-state index >= 15 is 0 Å². The van der Waals surface area contributed by atoms with Crippen LogP contribution in [0.1, 0.15) is 29.3 Å². The van der Waals surface area contributed by atoms with Gasteiger partial charge in [0.05, 0.1) is 0 Å². The van der Waals surface area contributed by atoms with Crippen molar-refractivity contribution in [3.8, 4) is 11.4 Å². The third-order valence-electron chi connectivity index (χ3n) is 3.34. The van der Waals surface area contributed by atoms with Crippen molar-refractivity contribution in [3.05, 3.63) is 41.7 Å². The Hall–Kier alpha value is -1.90. The normalized spacial score (nSPS) is 14.1. The van der Waals surface area contributed by atoms with E-state index in [4.69, 9.17) is 0 Å². The van der Waals surface area contributed by atoms with Gasteiger partial charge in [0.25, 0.3) is 0 Å². The van der Waals surface area contributed by atoms with E-state index in [2.05, 4.69) is 22.5 Å². The fraction of sp³-hybridized carbons (Fsp3) is 0.286. The first-order valence-corrected chi connectivity index (χ1v) is 5.97. The van der Waals surface area contributed by atoms with Gasteiger partial charge in [0, 0.05) is 36.5 Å². The summed E-state index contributed by atoms with van der Waals surface area (Å²) in [5.74, 6) is 1.25. The second kappa shape index (κ2) is 3.84. The zero-order valence-corrected chi connectivity index (χ0v) is 9.81. The van der Waals surface area contributed by atoms with Gasteiger partial charge in [-0.05, 0) is 25.0 Å². The van der Waals surface area contributed by atoms with Crippen LogP contribution in [0.25, 0.3) is 11.4 Å². The second-order valence-electron chi connectivity index (χ2n) is 4.33. The minimum absolute atomic E-state index is 0.269. The monoisotopic (exact) mass is 226 g/mol. The quantitative estimate of drug-likeness (QED) is 0.789. The van der Waals surface area contributed by atoms with Crippen LogP contribution in [0.5, 0.6) is 0 Å². The maximum Gasteiger partial charge on any atom is 0.163 e. The highest BCUT2D eigenvalue weighted by atomic mass is 16.1. The maximum atomic E-state index is 11.6. The van der Waals surface area contributed by atoms with E-state index in [1.807, 2.05) is 24.5 Å². The number of hydrogen-bond donors (Lipinski definition) is 0. The van der Waals surface area contributed by atoms with Gasteiger partial charge in [-0.1, -0.05) is 12.1 Å². The van der Waals surface area contributed by atoms with Gasteiger partial charge >= 0.3 is 0 Å². The van der Waals surface area contributed by atoms with Crippen LogP contribution in [0.3, 0.4) is 0 Å². The molecule has 1 aromatic carbocycles. The number of aryl methyl sites for hydroxylation is 2. The Kier molecular flexibility index (Phi) is 2.32. The topological polar surface area (TPSA) is 34.9 Å². The smallest absolute Gasteiger partial charge is 0.163 e. The van der Waals surface area contributed by atoms with Crippen molar-refractivity contribution >= 4 is 5.78 Å². The number of carbonyl (C=O) groups excluding carboxylic acids is 1. The van der Waals surface area contributed by atoms with Gasteiger partial charge in [0.2, 0.25) is 0 Å². The number of fused-ring (bicyclic) bond motifs is 1. The summed E-state index contributed by atoms with van der Waals surface area (Å²) in [4.78, 5) is 15.9. The second-order valence-corrected chi connectivity index (χ2v) is 4.33. The molecule has 0 atom stereocenters. The molecule has 2 aromatic rings. The number of ketones is 1. The van der Waals surface area contributed by atoms with Crippen LogP contribution < -0.4 is 0 Å². The molecule has 0 saturated heterocycles. The molecular weight excluding hydrogens is 212 g/mol. The summed E-state index contributed by atoms with van der Waals surface area (Å²) in [5, 5.41) is 0. The van der Waals surface area contributed by atoms with Crippen LogP contribution in [0, 0.1) is 0 Å². The molecule has 0 aliphatic heterocycles. The van der Waals surface area contributed by atoms with Crippen molar-refractivity contribution in [2.24, 2.45) is 0 Å². The molecule has 0 radical (unpaired) electrons. The third-order valence-corrected chi connectivity index (χ3v) is 3.34. The molecular formula is C14H14N2O. The first-order valence-electron chi connectivity index (χ1n) is 5.97. The average Bonchev–Trinajstić information content (AvgIpc) is 2.96. The molecule has 1 aliphatic rings. The Labute approximate surface area is 100 Å². The number of aromatic nitrogens is 2. The van der Waals surface area contributed by atoms with Crippen LogP contribution in [0.2, 0.25) is 0 Å². The van der Waals surface area contributed by atoms with Crippen molar-refractivity contribution in [3.63, 3.8) is 0 Å². The summed E-state index contributed by atoms with van der Waals surface area (Å²) >= 11 is 0. The lowest BCUT2D eigenvalue weighted by molar-refractivity contribution is 0.0994. The molecule has 3 heteroatoms. The van der Waals surface area contributed by atoms with Gasteiger partial charge in [-0.25, -0.2) is 4.98 Å². The number of imidazole rings is 1. The van der Waals surface area contributed by atoms with Crippen LogP contribution in [0.4, 0.5) is 0 Å². The van der Waals surface area contributed by atoms with Gasteiger partial charge in [-0.3, -0.25) is 4.79 Å². The first kappa shape index (κ1) is 10.3. The predicted molar refractivity (Wildman–Crippen MR) is 66.0 cm³/mol. The Morgan fingerprint density at radius 2 is 2.24 bits per heavy atom. The molecule has 0 saturated carbocycles. The summed E-state index contributed by atoms with van der Waals surface area (Å²) in [6.45, 7) is 3.01. The standard InChI is InChI=1S/C14H14N2O/c1-2-16-8-7-15-14(16)11-3-5-12-10(9-11)4-6-13(12)17/h3,5,7-9H,2,4,6H2,1H3. The van der Waals surface area contributed by atoms with Gasteiger partial charge < -0.3 is 4.57 Å². The molecule has 1 heterocycles. The Morgan fingerprint density at radius 3 is 3.06 bits per heavy atom. The van der Waals surface area contributed by atoms with Crippen molar-refractivity contribution in [1.82, 2.24) is 9.55 Å². The number of nitrogens with zero attached hydrogens (tertiary/aromatic N) is 2. The van der Waals surface area contributed by atoms with Gasteiger partial charge in [-0.2, -0.15) is 0 Å². The van der Waals surface area contributed by atoms with E-state index in [1.165, 1.54) is 0 Å². The van der Waals surface area contributed by atoms with Crippen LogP contribution in [0.15, 0.2) is 30.6 Å². The molecule has 0 bridgehead atoms. The number of carbonyl (C=O) groups is 1. The molecule has 1 aliphatic carbocycles. The number of rotatable bonds is 2. The van der Waals surface area contributed by atoms with Crippen LogP contribution in [-0.2, 0) is 13.0 Å². The van der Waals surface area contributed by atoms with Crippen molar-refractivity contribution in [1.29, 1.82) is 0 Å². The zero-order valence-electron chi connectivity index (χ0n) is 9.81. The van der Waals surface area contributed by atoms with E-state index in [1.54, 1.807) is 0 Å². The lowest BCUT2D eigenvalue weighted by atomic mass is 10.1. The number of hydrogen-bond acceptors (Lipinski definition) is 2. The van der Waals surface area contributed by atoms with E-state index in [0.717, 1.165) is 35.5 Å². The van der Waals surface area contributed by atoms with E-state index in [9.17, 15) is 4.79 Å². The zero-order chi connectivity index (χ0) is 11.8. The predicted octanol–water partition coefficient (Wildman–Crippen LogP) is 2.70. The number of benzene rings is 1. The maximum absolute atomic E-state index is 11.6. The molecule has 0 amide bonds. The number of Topliss-reactive ketones (excluding diaryl/α,β-unsaturated/α-hetero) is 1. The van der Waals surface area contributed by atoms with Crippen molar-refractivity contribution < 1.29 is 4.79 Å². The van der Waals surface area contributed by atoms with Crippen molar-refractivity contribution in [2.75, 3.05) is 0 Å². The molecule has 86 valence electrons. The Bertz CT molecular complexity index is 584. The highest BCUT2D eigenvalue weighted by molar-refractivity contribution is 6.00. The van der Waals surface area contributed by atoms with Gasteiger partial charge in [0.15, 0.2) is 5.78 Å². The molecule has 0 fully saturated rings. The fourth-order valence-corrected chi connectivity index (χ4v) is 2.42. The first-order chi connectivity index (χ1) is 8.29. The Morgan fingerprint density at radius 1 is 1.35 bits per heavy atom. The fourth-order valence-electron chi connectivity index (χ4n) is 2.42. The Balaban J connectivity index is 2.09. The molecule has 0 N–H and O–H groups in total. The summed E-state index contributed by atoms with van der Waals surface area (Å²) in [6.07, 6.45) is 5.32. The summed E-state index contributed by atoms with van der Waals surface area (Å²) in [5.41, 5.74) is 3.16. The summed E-state index contributed by atoms with van der Waals surface area (Å²) in [6, 6.07) is 6.04. The summed E-state index contributed by atoms with van der Waals surface area (Å²) in [7, 11) is 0. The molecule has 1 aromatic heterocycles. The third kappa shape index (κ3) is 1.58. The lowest BCUT2D eigenvalue weighted by Gasteiger charge is -2.06. The van der Waals surface area contributed by atoms with Crippen molar-refractivity contribution in [2.45, 2.75) is 26.3 Å². The molecule has 0 unspecified atom stereocenters. The highest BCUT2D eigenvalue weighted by Gasteiger charge is 2.20. The molecule has 3 nitrogen and oxygen atoms in total. The lowest BCUT2D eigenvalue weighted by Crippen LogP contribution is -1.97. The SMILES string of the molecule is CCn1ccnc1-c1ccc2c(c1)CCC2=O. The van der Waals surface area contributed by atoms with Crippen LogP contribution >= 0.6 is 0 Å². The van der Waals surface area contributed by atoms with E-state index in [-0.39, 0.29) is 5.78 Å². The van der Waals surface area contributed by atoms with Crippen LogP contribution in [-0.4, -0.2) is 15.3 Å².